The summed E-state index contributed by atoms with van der Waals surface area (Å²) >= 11 is 0. The van der Waals surface area contributed by atoms with Crippen LogP contribution in [0.15, 0.2) is 6.20 Å². The van der Waals surface area contributed by atoms with Gasteiger partial charge in [-0.2, -0.15) is 5.10 Å². The monoisotopic (exact) mass is 241 g/mol. The molecule has 0 aromatic carbocycles. The molecule has 0 aliphatic carbocycles. The van der Waals surface area contributed by atoms with Crippen LogP contribution in [0.4, 0.5) is 5.69 Å². The molecule has 0 atom stereocenters. The Morgan fingerprint density at radius 1 is 1.59 bits per heavy atom. The van der Waals surface area contributed by atoms with Gasteiger partial charge in [0, 0.05) is 20.6 Å². The third-order valence-corrected chi connectivity index (χ3v) is 2.65. The minimum atomic E-state index is -0.464. The molecule has 1 heterocycles. The smallest absolute Gasteiger partial charge is 0.358 e. The van der Waals surface area contributed by atoms with Crippen molar-refractivity contribution in [1.29, 1.82) is 0 Å². The van der Waals surface area contributed by atoms with Crippen LogP contribution in [0.1, 0.15) is 30.8 Å². The number of hydrogen-bond acceptors (Lipinski definition) is 5. The first-order valence-corrected chi connectivity index (χ1v) is 5.37. The highest BCUT2D eigenvalue weighted by atomic mass is 16.5. The van der Waals surface area contributed by atoms with Crippen LogP contribution in [0.3, 0.4) is 0 Å². The first-order chi connectivity index (χ1) is 7.87. The molecule has 0 radical (unpaired) electrons. The number of carbonyl (C=O) groups is 1. The van der Waals surface area contributed by atoms with Crippen LogP contribution in [-0.2, 0) is 16.5 Å². The topological polar surface area (TPSA) is 79.4 Å². The Morgan fingerprint density at radius 3 is 2.71 bits per heavy atom. The van der Waals surface area contributed by atoms with E-state index < -0.39 is 5.97 Å². The standard InChI is InChI=1S/C11H19N3O3/c1-11(2,16-4)5-6-17-10(15)9-8(12)7-13-14(9)3/h7H,5-6,12H2,1-4H3. The average Bonchev–Trinajstić information content (AvgIpc) is 2.58. The van der Waals surface area contributed by atoms with Crippen molar-refractivity contribution < 1.29 is 14.3 Å². The Bertz CT molecular complexity index is 379. The van der Waals surface area contributed by atoms with Crippen LogP contribution in [0.25, 0.3) is 0 Å². The second-order valence-corrected chi connectivity index (χ2v) is 4.42. The van der Waals surface area contributed by atoms with Crippen LogP contribution in [0.2, 0.25) is 0 Å². The van der Waals surface area contributed by atoms with Crippen LogP contribution in [0, 0.1) is 0 Å². The summed E-state index contributed by atoms with van der Waals surface area (Å²) in [6.45, 7) is 4.14. The van der Waals surface area contributed by atoms with E-state index in [9.17, 15) is 4.79 Å². The van der Waals surface area contributed by atoms with E-state index in [1.807, 2.05) is 13.8 Å². The van der Waals surface area contributed by atoms with Crippen molar-refractivity contribution >= 4 is 11.7 Å². The number of aryl methyl sites for hydroxylation is 1. The van der Waals surface area contributed by atoms with Gasteiger partial charge >= 0.3 is 5.97 Å². The van der Waals surface area contributed by atoms with E-state index in [1.54, 1.807) is 14.2 Å². The van der Waals surface area contributed by atoms with Gasteiger partial charge in [0.15, 0.2) is 5.69 Å². The molecule has 0 saturated heterocycles. The highest BCUT2D eigenvalue weighted by Gasteiger charge is 2.20. The summed E-state index contributed by atoms with van der Waals surface area (Å²) in [5.74, 6) is -0.464. The van der Waals surface area contributed by atoms with Crippen molar-refractivity contribution in [3.05, 3.63) is 11.9 Å². The molecule has 6 heteroatoms. The SMILES string of the molecule is COC(C)(C)CCOC(=O)c1c(N)cnn1C. The molecular weight excluding hydrogens is 222 g/mol. The van der Waals surface area contributed by atoms with Gasteiger partial charge in [-0.3, -0.25) is 4.68 Å². The van der Waals surface area contributed by atoms with Gasteiger partial charge in [0.1, 0.15) is 0 Å². The van der Waals surface area contributed by atoms with Crippen molar-refractivity contribution in [2.24, 2.45) is 7.05 Å². The Balaban J connectivity index is 2.52. The fourth-order valence-corrected chi connectivity index (χ4v) is 1.26. The van der Waals surface area contributed by atoms with Gasteiger partial charge in [0.05, 0.1) is 24.1 Å². The van der Waals surface area contributed by atoms with E-state index in [0.29, 0.717) is 12.1 Å². The van der Waals surface area contributed by atoms with Crippen molar-refractivity contribution in [1.82, 2.24) is 9.78 Å². The molecule has 2 N–H and O–H groups in total. The predicted molar refractivity (Wildman–Crippen MR) is 63.6 cm³/mol. The van der Waals surface area contributed by atoms with Crippen molar-refractivity contribution in [3.63, 3.8) is 0 Å². The molecular formula is C11H19N3O3. The van der Waals surface area contributed by atoms with Gasteiger partial charge < -0.3 is 15.2 Å². The molecule has 0 spiro atoms. The molecule has 1 aromatic heterocycles. The van der Waals surface area contributed by atoms with Crippen molar-refractivity contribution in [3.8, 4) is 0 Å². The third-order valence-electron chi connectivity index (χ3n) is 2.65. The molecule has 0 bridgehead atoms. The molecule has 96 valence electrons. The average molecular weight is 241 g/mol. The fraction of sp³-hybridized carbons (Fsp3) is 0.636. The first-order valence-electron chi connectivity index (χ1n) is 5.37. The van der Waals surface area contributed by atoms with Gasteiger partial charge in [0.2, 0.25) is 0 Å². The van der Waals surface area contributed by atoms with Gasteiger partial charge in [0.25, 0.3) is 0 Å². The Kier molecular flexibility index (Phi) is 4.11. The lowest BCUT2D eigenvalue weighted by Gasteiger charge is -2.22. The molecule has 0 fully saturated rings. The van der Waals surface area contributed by atoms with Crippen molar-refractivity contribution in [2.75, 3.05) is 19.5 Å². The molecule has 0 aliphatic heterocycles. The third kappa shape index (κ3) is 3.45. The number of aromatic nitrogens is 2. The summed E-state index contributed by atoms with van der Waals surface area (Å²) in [5, 5.41) is 3.88. The van der Waals surface area contributed by atoms with Crippen molar-refractivity contribution in [2.45, 2.75) is 25.9 Å². The zero-order valence-electron chi connectivity index (χ0n) is 10.7. The van der Waals surface area contributed by atoms with Crippen LogP contribution >= 0.6 is 0 Å². The van der Waals surface area contributed by atoms with Crippen LogP contribution in [0.5, 0.6) is 0 Å². The quantitative estimate of drug-likeness (QED) is 0.777. The summed E-state index contributed by atoms with van der Waals surface area (Å²) in [5.41, 5.74) is 5.91. The lowest BCUT2D eigenvalue weighted by atomic mass is 10.1. The van der Waals surface area contributed by atoms with E-state index in [4.69, 9.17) is 15.2 Å². The molecule has 0 saturated carbocycles. The van der Waals surface area contributed by atoms with E-state index in [2.05, 4.69) is 5.10 Å². The minimum Gasteiger partial charge on any atom is -0.461 e. The zero-order chi connectivity index (χ0) is 13.1. The number of rotatable bonds is 5. The number of anilines is 1. The number of methoxy groups -OCH3 is 1. The summed E-state index contributed by atoms with van der Waals surface area (Å²) in [6.07, 6.45) is 2.04. The van der Waals surface area contributed by atoms with Crippen LogP contribution < -0.4 is 5.73 Å². The maximum atomic E-state index is 11.7. The number of esters is 1. The number of hydrogen-bond donors (Lipinski definition) is 1. The Hall–Kier alpha value is -1.56. The zero-order valence-corrected chi connectivity index (χ0v) is 10.7. The van der Waals surface area contributed by atoms with Gasteiger partial charge in [-0.15, -0.1) is 0 Å². The Morgan fingerprint density at radius 2 is 2.24 bits per heavy atom. The Labute approximate surface area is 101 Å². The second-order valence-electron chi connectivity index (χ2n) is 4.42. The highest BCUT2D eigenvalue weighted by Crippen LogP contribution is 2.15. The number of nitrogens with zero attached hydrogens (tertiary/aromatic N) is 2. The molecule has 0 amide bonds. The van der Waals surface area contributed by atoms with E-state index >= 15 is 0 Å². The molecule has 17 heavy (non-hydrogen) atoms. The largest absolute Gasteiger partial charge is 0.461 e. The lowest BCUT2D eigenvalue weighted by molar-refractivity contribution is -0.00589. The van der Waals surface area contributed by atoms with E-state index in [1.165, 1.54) is 10.9 Å². The fourth-order valence-electron chi connectivity index (χ4n) is 1.26. The maximum absolute atomic E-state index is 11.7. The summed E-state index contributed by atoms with van der Waals surface area (Å²) in [7, 11) is 3.27. The molecule has 0 unspecified atom stereocenters. The van der Waals surface area contributed by atoms with E-state index in [-0.39, 0.29) is 17.9 Å². The molecule has 0 aliphatic rings. The maximum Gasteiger partial charge on any atom is 0.358 e. The van der Waals surface area contributed by atoms with Crippen LogP contribution in [-0.4, -0.2) is 35.1 Å². The number of nitrogen functional groups attached to an aromatic ring is 1. The second kappa shape index (κ2) is 5.18. The summed E-state index contributed by atoms with van der Waals surface area (Å²) < 4.78 is 11.8. The number of ether oxygens (including phenoxy) is 2. The predicted octanol–water partition coefficient (Wildman–Crippen LogP) is 0.974. The number of nitrogens with two attached hydrogens (primary N) is 1. The molecule has 1 rings (SSSR count). The summed E-state index contributed by atoms with van der Waals surface area (Å²) in [4.78, 5) is 11.7. The number of carbonyl (C=O) groups excluding carboxylic acids is 1. The molecule has 1 aromatic rings. The highest BCUT2D eigenvalue weighted by molar-refractivity contribution is 5.92. The van der Waals surface area contributed by atoms with Gasteiger partial charge in [-0.05, 0) is 13.8 Å². The normalized spacial score (nSPS) is 11.5. The minimum absolute atomic E-state index is 0.278. The van der Waals surface area contributed by atoms with Gasteiger partial charge in [-0.25, -0.2) is 4.79 Å². The summed E-state index contributed by atoms with van der Waals surface area (Å²) in [6, 6.07) is 0. The first kappa shape index (κ1) is 13.5. The van der Waals surface area contributed by atoms with E-state index in [0.717, 1.165) is 0 Å². The molecule has 6 nitrogen and oxygen atoms in total. The lowest BCUT2D eigenvalue weighted by Crippen LogP contribution is -2.25. The van der Waals surface area contributed by atoms with Gasteiger partial charge in [-0.1, -0.05) is 0 Å².